The Morgan fingerprint density at radius 1 is 0.340 bits per heavy atom. The van der Waals surface area contributed by atoms with Gasteiger partial charge in [0.2, 0.25) is 0 Å². The molecule has 0 atom stereocenters. The maximum atomic E-state index is 2.43. The lowest BCUT2D eigenvalue weighted by molar-refractivity contribution is 0.666. The van der Waals surface area contributed by atoms with Crippen LogP contribution in [0.5, 0.6) is 0 Å². The SMILES string of the molecule is CC1(C)c2cc(N(c3ccccc3)c3ccc(-c4ccc(-c5ccccc5)cc4)cc3)ccc2-c2cc(-c3ccccc3)c3ccccc3c21. The normalized spacial score (nSPS) is 12.8. The molecule has 0 saturated heterocycles. The molecule has 50 heavy (non-hydrogen) atoms. The summed E-state index contributed by atoms with van der Waals surface area (Å²) in [7, 11) is 0. The molecule has 0 aliphatic heterocycles. The first-order valence-corrected chi connectivity index (χ1v) is 17.4. The molecule has 0 spiro atoms. The highest BCUT2D eigenvalue weighted by Crippen LogP contribution is 2.54. The fraction of sp³-hybridized carbons (Fsp3) is 0.0612. The van der Waals surface area contributed by atoms with Crippen LogP contribution in [-0.2, 0) is 5.41 Å². The Bertz CT molecular complexity index is 2460. The van der Waals surface area contributed by atoms with E-state index in [2.05, 4.69) is 207 Å². The second kappa shape index (κ2) is 12.1. The molecule has 0 amide bonds. The van der Waals surface area contributed by atoms with Gasteiger partial charge in [-0.1, -0.05) is 159 Å². The van der Waals surface area contributed by atoms with E-state index in [1.807, 2.05) is 0 Å². The van der Waals surface area contributed by atoms with Crippen LogP contribution in [0.1, 0.15) is 25.0 Å². The third-order valence-electron chi connectivity index (χ3n) is 10.4. The Morgan fingerprint density at radius 3 is 1.42 bits per heavy atom. The summed E-state index contributed by atoms with van der Waals surface area (Å²) >= 11 is 0. The van der Waals surface area contributed by atoms with Crippen LogP contribution in [0.2, 0.25) is 0 Å². The van der Waals surface area contributed by atoms with E-state index in [-0.39, 0.29) is 5.41 Å². The van der Waals surface area contributed by atoms with Crippen LogP contribution in [0.4, 0.5) is 17.1 Å². The summed E-state index contributed by atoms with van der Waals surface area (Å²) in [5.41, 5.74) is 16.1. The molecule has 0 unspecified atom stereocenters. The summed E-state index contributed by atoms with van der Waals surface area (Å²) < 4.78 is 0. The average Bonchev–Trinajstić information content (AvgIpc) is 3.41. The van der Waals surface area contributed by atoms with Crippen LogP contribution in [0.25, 0.3) is 55.3 Å². The minimum atomic E-state index is -0.173. The molecule has 0 fully saturated rings. The molecular weight excluding hydrogens is 603 g/mol. The van der Waals surface area contributed by atoms with E-state index in [9.17, 15) is 0 Å². The summed E-state index contributed by atoms with van der Waals surface area (Å²) in [4.78, 5) is 2.38. The first-order chi connectivity index (χ1) is 24.6. The lowest BCUT2D eigenvalue weighted by Gasteiger charge is -2.28. The summed E-state index contributed by atoms with van der Waals surface area (Å²) in [6.07, 6.45) is 0. The van der Waals surface area contributed by atoms with Crippen LogP contribution in [0.15, 0.2) is 188 Å². The molecule has 8 aromatic carbocycles. The Kier molecular flexibility index (Phi) is 7.21. The van der Waals surface area contributed by atoms with Gasteiger partial charge in [-0.2, -0.15) is 0 Å². The Labute approximate surface area is 294 Å². The second-order valence-corrected chi connectivity index (χ2v) is 13.8. The number of hydrogen-bond donors (Lipinski definition) is 0. The standard InChI is InChI=1S/C49H37N/c1-49(2)47-32-41(30-31-43(47)46-33-45(38-16-8-4-9-17-38)42-20-12-13-21-44(42)48(46)49)50(39-18-10-5-11-19-39)40-28-26-37(27-29-40)36-24-22-35(23-25-36)34-14-6-3-7-15-34/h3-33H,1-2H3. The van der Waals surface area contributed by atoms with E-state index in [1.165, 1.54) is 66.4 Å². The highest BCUT2D eigenvalue weighted by molar-refractivity contribution is 6.06. The first-order valence-electron chi connectivity index (χ1n) is 17.4. The van der Waals surface area contributed by atoms with Gasteiger partial charge in [0.25, 0.3) is 0 Å². The van der Waals surface area contributed by atoms with Gasteiger partial charge >= 0.3 is 0 Å². The van der Waals surface area contributed by atoms with Crippen molar-refractivity contribution in [2.45, 2.75) is 19.3 Å². The van der Waals surface area contributed by atoms with Gasteiger partial charge in [0.1, 0.15) is 0 Å². The molecule has 1 aliphatic rings. The number of hydrogen-bond acceptors (Lipinski definition) is 1. The number of anilines is 3. The molecule has 1 nitrogen and oxygen atoms in total. The topological polar surface area (TPSA) is 3.24 Å². The Hall–Kier alpha value is -6.18. The molecule has 9 rings (SSSR count). The summed E-state index contributed by atoms with van der Waals surface area (Å²) in [5, 5.41) is 2.64. The van der Waals surface area contributed by atoms with Crippen molar-refractivity contribution in [2.24, 2.45) is 0 Å². The van der Waals surface area contributed by atoms with Crippen LogP contribution in [0, 0.1) is 0 Å². The van der Waals surface area contributed by atoms with Gasteiger partial charge in [0.15, 0.2) is 0 Å². The summed E-state index contributed by atoms with van der Waals surface area (Å²) in [6.45, 7) is 4.78. The highest BCUT2D eigenvalue weighted by Gasteiger charge is 2.38. The summed E-state index contributed by atoms with van der Waals surface area (Å²) in [5.74, 6) is 0. The van der Waals surface area contributed by atoms with Gasteiger partial charge in [-0.15, -0.1) is 0 Å². The van der Waals surface area contributed by atoms with Crippen molar-refractivity contribution in [3.05, 3.63) is 199 Å². The fourth-order valence-corrected chi connectivity index (χ4v) is 7.99. The van der Waals surface area contributed by atoms with Crippen LogP contribution in [0.3, 0.4) is 0 Å². The van der Waals surface area contributed by atoms with E-state index < -0.39 is 0 Å². The number of para-hydroxylation sites is 1. The Morgan fingerprint density at radius 2 is 0.800 bits per heavy atom. The molecule has 1 heteroatoms. The van der Waals surface area contributed by atoms with Gasteiger partial charge in [0.05, 0.1) is 0 Å². The average molecular weight is 640 g/mol. The first kappa shape index (κ1) is 29.9. The minimum absolute atomic E-state index is 0.173. The molecule has 0 bridgehead atoms. The van der Waals surface area contributed by atoms with Crippen molar-refractivity contribution in [3.8, 4) is 44.5 Å². The lowest BCUT2D eigenvalue weighted by atomic mass is 9.79. The predicted molar refractivity (Wildman–Crippen MR) is 213 cm³/mol. The molecule has 0 N–H and O–H groups in total. The zero-order valence-electron chi connectivity index (χ0n) is 28.3. The van der Waals surface area contributed by atoms with E-state index >= 15 is 0 Å². The molecule has 238 valence electrons. The maximum Gasteiger partial charge on any atom is 0.0465 e. The number of fused-ring (bicyclic) bond motifs is 5. The summed E-state index contributed by atoms with van der Waals surface area (Å²) in [6, 6.07) is 68.4. The molecule has 0 radical (unpaired) electrons. The van der Waals surface area contributed by atoms with Crippen molar-refractivity contribution in [2.75, 3.05) is 4.90 Å². The monoisotopic (exact) mass is 639 g/mol. The van der Waals surface area contributed by atoms with E-state index in [4.69, 9.17) is 0 Å². The largest absolute Gasteiger partial charge is 0.310 e. The van der Waals surface area contributed by atoms with E-state index in [1.54, 1.807) is 0 Å². The van der Waals surface area contributed by atoms with Crippen molar-refractivity contribution >= 4 is 27.8 Å². The molecule has 0 heterocycles. The molecular formula is C49H37N. The second-order valence-electron chi connectivity index (χ2n) is 13.8. The fourth-order valence-electron chi connectivity index (χ4n) is 7.99. The molecule has 1 aliphatic carbocycles. The Balaban J connectivity index is 1.13. The maximum absolute atomic E-state index is 2.43. The van der Waals surface area contributed by atoms with Crippen LogP contribution >= 0.6 is 0 Å². The lowest BCUT2D eigenvalue weighted by Crippen LogP contribution is -2.17. The quantitative estimate of drug-likeness (QED) is 0.175. The minimum Gasteiger partial charge on any atom is -0.310 e. The molecule has 0 saturated carbocycles. The van der Waals surface area contributed by atoms with Crippen molar-refractivity contribution in [1.29, 1.82) is 0 Å². The van der Waals surface area contributed by atoms with Gasteiger partial charge in [-0.25, -0.2) is 0 Å². The van der Waals surface area contributed by atoms with Gasteiger partial charge < -0.3 is 4.90 Å². The van der Waals surface area contributed by atoms with Crippen molar-refractivity contribution in [3.63, 3.8) is 0 Å². The third kappa shape index (κ3) is 5.02. The van der Waals surface area contributed by atoms with Gasteiger partial charge in [0, 0.05) is 22.5 Å². The van der Waals surface area contributed by atoms with Gasteiger partial charge in [-0.3, -0.25) is 0 Å². The van der Waals surface area contributed by atoms with Crippen LogP contribution < -0.4 is 4.90 Å². The van der Waals surface area contributed by atoms with Gasteiger partial charge in [-0.05, 0) is 109 Å². The van der Waals surface area contributed by atoms with E-state index in [0.717, 1.165) is 17.1 Å². The van der Waals surface area contributed by atoms with Crippen LogP contribution in [-0.4, -0.2) is 0 Å². The smallest absolute Gasteiger partial charge is 0.0465 e. The zero-order valence-corrected chi connectivity index (χ0v) is 28.3. The molecule has 8 aromatic rings. The number of benzene rings is 8. The molecule has 0 aromatic heterocycles. The number of nitrogens with zero attached hydrogens (tertiary/aromatic N) is 1. The number of rotatable bonds is 6. The van der Waals surface area contributed by atoms with E-state index in [0.29, 0.717) is 0 Å². The van der Waals surface area contributed by atoms with Crippen molar-refractivity contribution < 1.29 is 0 Å². The highest BCUT2D eigenvalue weighted by atomic mass is 15.1. The third-order valence-corrected chi connectivity index (χ3v) is 10.4. The van der Waals surface area contributed by atoms with Crippen molar-refractivity contribution in [1.82, 2.24) is 0 Å². The predicted octanol–water partition coefficient (Wildman–Crippen LogP) is 13.6. The zero-order chi connectivity index (χ0) is 33.7.